The Kier molecular flexibility index (Phi) is 4.46. The number of rotatable bonds is 3. The van der Waals surface area contributed by atoms with E-state index in [4.69, 9.17) is 4.74 Å². The van der Waals surface area contributed by atoms with Crippen molar-refractivity contribution in [3.63, 3.8) is 0 Å². The van der Waals surface area contributed by atoms with Gasteiger partial charge in [0.05, 0.1) is 11.5 Å². The third kappa shape index (κ3) is 3.36. The van der Waals surface area contributed by atoms with Crippen molar-refractivity contribution >= 4 is 17.1 Å². The number of carbonyl (C=O) groups is 1. The number of hydrogen-bond donors (Lipinski definition) is 0. The molecule has 20 heavy (non-hydrogen) atoms. The second kappa shape index (κ2) is 5.79. The van der Waals surface area contributed by atoms with Crippen LogP contribution in [0.4, 0.5) is 13.2 Å². The highest BCUT2D eigenvalue weighted by atomic mass is 32.1. The Balaban J connectivity index is 2.09. The average Bonchev–Trinajstić information content (AvgIpc) is 2.87. The van der Waals surface area contributed by atoms with Gasteiger partial charge in [0, 0.05) is 25.3 Å². The van der Waals surface area contributed by atoms with Crippen molar-refractivity contribution in [1.29, 1.82) is 0 Å². The van der Waals surface area contributed by atoms with E-state index in [9.17, 15) is 18.0 Å². The van der Waals surface area contributed by atoms with Crippen LogP contribution in [0.25, 0.3) is 0 Å². The fourth-order valence-corrected chi connectivity index (χ4v) is 2.74. The van der Waals surface area contributed by atoms with Crippen LogP contribution in [-0.4, -0.2) is 47.5 Å². The van der Waals surface area contributed by atoms with Crippen molar-refractivity contribution in [2.24, 2.45) is 0 Å². The molecule has 112 valence electrons. The van der Waals surface area contributed by atoms with Gasteiger partial charge in [0.25, 0.3) is 0 Å². The van der Waals surface area contributed by atoms with Crippen LogP contribution in [0.3, 0.4) is 0 Å². The molecule has 1 fully saturated rings. The van der Waals surface area contributed by atoms with Gasteiger partial charge in [-0.05, 0) is 13.8 Å². The Morgan fingerprint density at radius 2 is 2.25 bits per heavy atom. The highest BCUT2D eigenvalue weighted by Gasteiger charge is 2.36. The topological polar surface area (TPSA) is 42.4 Å². The number of alkyl halides is 3. The minimum Gasteiger partial charge on any atom is -0.367 e. The zero-order valence-electron chi connectivity index (χ0n) is 11.1. The molecule has 0 aromatic carbocycles. The molecule has 1 aliphatic rings. The monoisotopic (exact) mass is 308 g/mol. The van der Waals surface area contributed by atoms with Gasteiger partial charge in [-0.25, -0.2) is 4.98 Å². The molecule has 1 atom stereocenters. The van der Waals surface area contributed by atoms with Crippen LogP contribution in [0, 0.1) is 0 Å². The van der Waals surface area contributed by atoms with Crippen LogP contribution < -0.4 is 0 Å². The third-order valence-electron chi connectivity index (χ3n) is 3.11. The van der Waals surface area contributed by atoms with E-state index in [1.165, 1.54) is 0 Å². The molecule has 4 nitrogen and oxygen atoms in total. The molecule has 0 aliphatic carbocycles. The molecule has 2 rings (SSSR count). The second-order valence-electron chi connectivity index (χ2n) is 4.84. The molecule has 0 bridgehead atoms. The van der Waals surface area contributed by atoms with E-state index in [1.54, 1.807) is 0 Å². The summed E-state index contributed by atoms with van der Waals surface area (Å²) in [5.74, 6) is -0.427. The lowest BCUT2D eigenvalue weighted by Crippen LogP contribution is -2.48. The maximum atomic E-state index is 12.5. The standard InChI is InChI=1S/C12H15F3N2O2S/c1-7(2)17-3-4-19-8(6-17)10(18)9-5-16-11(20-9)12(13,14)15/h5,7-8H,3-4,6H2,1-2H3. The fraction of sp³-hybridized carbons (Fsp3) is 0.667. The lowest BCUT2D eigenvalue weighted by atomic mass is 10.1. The van der Waals surface area contributed by atoms with Gasteiger partial charge in [-0.1, -0.05) is 0 Å². The molecule has 1 aromatic rings. The number of ketones is 1. The highest BCUT2D eigenvalue weighted by molar-refractivity contribution is 7.13. The van der Waals surface area contributed by atoms with Crippen molar-refractivity contribution in [1.82, 2.24) is 9.88 Å². The van der Waals surface area contributed by atoms with E-state index in [1.807, 2.05) is 13.8 Å². The van der Waals surface area contributed by atoms with Crippen LogP contribution in [0.5, 0.6) is 0 Å². The Bertz CT molecular complexity index is 487. The molecule has 0 radical (unpaired) electrons. The first-order chi connectivity index (χ1) is 9.29. The van der Waals surface area contributed by atoms with Gasteiger partial charge in [0.1, 0.15) is 6.10 Å². The number of halogens is 3. The number of nitrogens with zero attached hydrogens (tertiary/aromatic N) is 2. The van der Waals surface area contributed by atoms with Crippen molar-refractivity contribution in [3.8, 4) is 0 Å². The minimum atomic E-state index is -4.51. The Morgan fingerprint density at radius 3 is 2.80 bits per heavy atom. The molecule has 1 aromatic heterocycles. The zero-order valence-corrected chi connectivity index (χ0v) is 11.9. The Labute approximate surface area is 118 Å². The maximum absolute atomic E-state index is 12.5. The van der Waals surface area contributed by atoms with E-state index in [0.717, 1.165) is 12.7 Å². The third-order valence-corrected chi connectivity index (χ3v) is 4.17. The van der Waals surface area contributed by atoms with Crippen molar-refractivity contribution in [3.05, 3.63) is 16.1 Å². The summed E-state index contributed by atoms with van der Waals surface area (Å²) in [6.45, 7) is 5.52. The van der Waals surface area contributed by atoms with Crippen molar-refractivity contribution < 1.29 is 22.7 Å². The van der Waals surface area contributed by atoms with Gasteiger partial charge >= 0.3 is 6.18 Å². The number of thiazole rings is 1. The molecule has 0 saturated carbocycles. The van der Waals surface area contributed by atoms with E-state index in [-0.39, 0.29) is 10.9 Å². The average molecular weight is 308 g/mol. The number of aromatic nitrogens is 1. The van der Waals surface area contributed by atoms with Gasteiger partial charge in [0.15, 0.2) is 5.01 Å². The number of Topliss-reactive ketones (excluding diaryl/α,β-unsaturated/α-hetero) is 1. The summed E-state index contributed by atoms with van der Waals surface area (Å²) in [6.07, 6.45) is -4.25. The summed E-state index contributed by atoms with van der Waals surface area (Å²) in [5, 5.41) is -1.00. The minimum absolute atomic E-state index is 0.00655. The largest absolute Gasteiger partial charge is 0.443 e. The fourth-order valence-electron chi connectivity index (χ4n) is 1.97. The molecule has 8 heteroatoms. The predicted molar refractivity (Wildman–Crippen MR) is 67.9 cm³/mol. The van der Waals surface area contributed by atoms with Crippen molar-refractivity contribution in [2.75, 3.05) is 19.7 Å². The molecule has 1 aliphatic heterocycles. The van der Waals surface area contributed by atoms with Gasteiger partial charge in [0.2, 0.25) is 5.78 Å². The first-order valence-electron chi connectivity index (χ1n) is 6.22. The number of hydrogen-bond acceptors (Lipinski definition) is 5. The SMILES string of the molecule is CC(C)N1CCOC(C(=O)c2cnc(C(F)(F)F)s2)C1. The molecule has 2 heterocycles. The number of morpholine rings is 1. The lowest BCUT2D eigenvalue weighted by molar-refractivity contribution is -0.137. The van der Waals surface area contributed by atoms with E-state index in [2.05, 4.69) is 9.88 Å². The quantitative estimate of drug-likeness (QED) is 0.805. The Morgan fingerprint density at radius 1 is 1.55 bits per heavy atom. The first kappa shape index (κ1) is 15.4. The molecule has 1 unspecified atom stereocenters. The van der Waals surface area contributed by atoms with Crippen LogP contribution in [-0.2, 0) is 10.9 Å². The number of carbonyl (C=O) groups excluding carboxylic acids is 1. The van der Waals surface area contributed by atoms with Crippen LogP contribution >= 0.6 is 11.3 Å². The summed E-state index contributed by atoms with van der Waals surface area (Å²) in [5.41, 5.74) is 0. The van der Waals surface area contributed by atoms with Crippen molar-refractivity contribution in [2.45, 2.75) is 32.2 Å². The maximum Gasteiger partial charge on any atom is 0.443 e. The molecular formula is C12H15F3N2O2S. The molecule has 0 spiro atoms. The van der Waals surface area contributed by atoms with Crippen LogP contribution in [0.15, 0.2) is 6.20 Å². The van der Waals surface area contributed by atoms with Gasteiger partial charge in [-0.2, -0.15) is 13.2 Å². The van der Waals surface area contributed by atoms with Crippen LogP contribution in [0.2, 0.25) is 0 Å². The van der Waals surface area contributed by atoms with Gasteiger partial charge in [-0.3, -0.25) is 9.69 Å². The summed E-state index contributed by atoms with van der Waals surface area (Å²) in [7, 11) is 0. The zero-order chi connectivity index (χ0) is 14.9. The van der Waals surface area contributed by atoms with E-state index < -0.39 is 23.1 Å². The number of ether oxygens (including phenoxy) is 1. The highest BCUT2D eigenvalue weighted by Crippen LogP contribution is 2.33. The summed E-state index contributed by atoms with van der Waals surface area (Å²) in [6, 6.07) is 0.265. The molecule has 1 saturated heterocycles. The predicted octanol–water partition coefficient (Wildman–Crippen LogP) is 2.45. The first-order valence-corrected chi connectivity index (χ1v) is 7.03. The molecule has 0 amide bonds. The Hall–Kier alpha value is -0.990. The summed E-state index contributed by atoms with van der Waals surface area (Å²) in [4.78, 5) is 17.5. The molecular weight excluding hydrogens is 293 g/mol. The lowest BCUT2D eigenvalue weighted by Gasteiger charge is -2.34. The van der Waals surface area contributed by atoms with Crippen LogP contribution in [0.1, 0.15) is 28.5 Å². The second-order valence-corrected chi connectivity index (χ2v) is 5.87. The van der Waals surface area contributed by atoms with E-state index >= 15 is 0 Å². The molecule has 0 N–H and O–H groups in total. The normalized spacial score (nSPS) is 21.4. The van der Waals surface area contributed by atoms with Gasteiger partial charge in [-0.15, -0.1) is 11.3 Å². The van der Waals surface area contributed by atoms with E-state index in [0.29, 0.717) is 24.5 Å². The summed E-state index contributed by atoms with van der Waals surface area (Å²) >= 11 is 0.367. The van der Waals surface area contributed by atoms with Gasteiger partial charge < -0.3 is 4.74 Å². The summed E-state index contributed by atoms with van der Waals surface area (Å²) < 4.78 is 42.8. The smallest absolute Gasteiger partial charge is 0.367 e.